The number of aliphatic hydroxyl groups is 1. The maximum absolute atomic E-state index is 10.8. The molecule has 0 radical (unpaired) electrons. The fraction of sp³-hybridized carbons (Fsp3) is 0.579. The molecule has 0 saturated heterocycles. The second-order valence-corrected chi connectivity index (χ2v) is 8.28. The molecule has 132 valence electrons. The van der Waals surface area contributed by atoms with E-state index in [2.05, 4.69) is 6.19 Å². The molecule has 2 unspecified atom stereocenters. The molecule has 6 heteroatoms. The Bertz CT molecular complexity index is 744. The van der Waals surface area contributed by atoms with E-state index in [-0.39, 0.29) is 23.7 Å². The normalized spacial score (nSPS) is 35.3. The summed E-state index contributed by atoms with van der Waals surface area (Å²) >= 11 is 6.10. The smallest absolute Gasteiger partial charge is 0.185 e. The Labute approximate surface area is 152 Å². The van der Waals surface area contributed by atoms with E-state index in [9.17, 15) is 10.4 Å². The summed E-state index contributed by atoms with van der Waals surface area (Å²) < 4.78 is 5.36. The minimum atomic E-state index is -0.552. The van der Waals surface area contributed by atoms with Gasteiger partial charge in [-0.25, -0.2) is 0 Å². The molecule has 4 bridgehead atoms. The number of hydrogen-bond donors (Lipinski definition) is 2. The Hall–Kier alpha value is -1.77. The highest BCUT2D eigenvalue weighted by molar-refractivity contribution is 6.31. The number of rotatable bonds is 3. The maximum Gasteiger partial charge on any atom is 0.185 e. The van der Waals surface area contributed by atoms with E-state index in [1.54, 1.807) is 25.3 Å². The average Bonchev–Trinajstić information content (AvgIpc) is 2.56. The summed E-state index contributed by atoms with van der Waals surface area (Å²) in [7, 11) is 1.55. The van der Waals surface area contributed by atoms with Gasteiger partial charge in [0.25, 0.3) is 0 Å². The fourth-order valence-corrected chi connectivity index (χ4v) is 5.81. The van der Waals surface area contributed by atoms with E-state index >= 15 is 0 Å². The number of halogens is 1. The minimum Gasteiger partial charge on any atom is -0.496 e. The largest absolute Gasteiger partial charge is 0.496 e. The van der Waals surface area contributed by atoms with Crippen molar-refractivity contribution in [2.75, 3.05) is 7.11 Å². The molecule has 0 amide bonds. The molecule has 2 N–H and O–H groups in total. The Morgan fingerprint density at radius 2 is 2.04 bits per heavy atom. The van der Waals surface area contributed by atoms with Crippen LogP contribution in [0.5, 0.6) is 5.75 Å². The van der Waals surface area contributed by atoms with Crippen molar-refractivity contribution < 1.29 is 9.84 Å². The van der Waals surface area contributed by atoms with Crippen molar-refractivity contribution in [3.63, 3.8) is 0 Å². The number of nitrogens with one attached hydrogen (secondary N) is 1. The van der Waals surface area contributed by atoms with Crippen molar-refractivity contribution in [3.8, 4) is 11.9 Å². The quantitative estimate of drug-likeness (QED) is 0.375. The van der Waals surface area contributed by atoms with Gasteiger partial charge in [0, 0.05) is 5.02 Å². The zero-order valence-electron chi connectivity index (χ0n) is 14.2. The lowest BCUT2D eigenvalue weighted by molar-refractivity contribution is -0.147. The number of amidine groups is 1. The highest BCUT2D eigenvalue weighted by Gasteiger charge is 2.56. The summed E-state index contributed by atoms with van der Waals surface area (Å²) in [6.07, 6.45) is 6.71. The topological polar surface area (TPSA) is 80.3 Å². The summed E-state index contributed by atoms with van der Waals surface area (Å²) in [6.45, 7) is 0. The molecule has 1 aromatic carbocycles. The SMILES string of the molecule is COc1ccc(Cl)cc1C(=N)N(C#N)C1C2CC3CC1CC(O)(C3)C2. The molecule has 0 spiro atoms. The van der Waals surface area contributed by atoms with Crippen molar-refractivity contribution in [1.29, 1.82) is 10.7 Å². The monoisotopic (exact) mass is 359 g/mol. The lowest BCUT2D eigenvalue weighted by Gasteiger charge is -2.59. The van der Waals surface area contributed by atoms with Gasteiger partial charge in [0.2, 0.25) is 0 Å². The van der Waals surface area contributed by atoms with Crippen molar-refractivity contribution in [1.82, 2.24) is 4.90 Å². The average molecular weight is 360 g/mol. The van der Waals surface area contributed by atoms with E-state index in [0.29, 0.717) is 22.3 Å². The summed E-state index contributed by atoms with van der Waals surface area (Å²) in [6, 6.07) is 5.10. The Balaban J connectivity index is 1.67. The third-order valence-electron chi connectivity index (χ3n) is 6.25. The van der Waals surface area contributed by atoms with Crippen LogP contribution in [0.4, 0.5) is 0 Å². The van der Waals surface area contributed by atoms with Crippen LogP contribution in [0.3, 0.4) is 0 Å². The molecule has 4 saturated carbocycles. The third kappa shape index (κ3) is 2.68. The summed E-state index contributed by atoms with van der Waals surface area (Å²) in [5.41, 5.74) is -0.0200. The molecular formula is C19H22ClN3O2. The molecule has 2 atom stereocenters. The second kappa shape index (κ2) is 5.89. The van der Waals surface area contributed by atoms with Crippen LogP contribution >= 0.6 is 11.6 Å². The number of ether oxygens (including phenoxy) is 1. The van der Waals surface area contributed by atoms with Gasteiger partial charge in [-0.3, -0.25) is 10.3 Å². The molecule has 0 heterocycles. The first-order valence-electron chi connectivity index (χ1n) is 8.78. The molecule has 5 rings (SSSR count). The number of nitriles is 1. The van der Waals surface area contributed by atoms with Gasteiger partial charge in [-0.2, -0.15) is 5.26 Å². The molecule has 0 aliphatic heterocycles. The summed E-state index contributed by atoms with van der Waals surface area (Å²) in [5.74, 6) is 1.76. The van der Waals surface area contributed by atoms with Crippen molar-refractivity contribution in [2.24, 2.45) is 17.8 Å². The van der Waals surface area contributed by atoms with Gasteiger partial charge < -0.3 is 9.84 Å². The minimum absolute atomic E-state index is 0.0157. The molecular weight excluding hydrogens is 338 g/mol. The fourth-order valence-electron chi connectivity index (χ4n) is 5.64. The van der Waals surface area contributed by atoms with Crippen molar-refractivity contribution in [2.45, 2.75) is 43.7 Å². The predicted octanol–water partition coefficient (Wildman–Crippen LogP) is 3.40. The zero-order valence-corrected chi connectivity index (χ0v) is 15.0. The summed E-state index contributed by atoms with van der Waals surface area (Å²) in [5, 5.41) is 29.8. The van der Waals surface area contributed by atoms with Crippen LogP contribution in [0.15, 0.2) is 18.2 Å². The Morgan fingerprint density at radius 3 is 2.60 bits per heavy atom. The van der Waals surface area contributed by atoms with Crippen LogP contribution in [0.1, 0.15) is 37.7 Å². The lowest BCUT2D eigenvalue weighted by Crippen LogP contribution is -2.61. The van der Waals surface area contributed by atoms with Crippen LogP contribution in [0.25, 0.3) is 0 Å². The van der Waals surface area contributed by atoms with Gasteiger partial charge in [-0.1, -0.05) is 11.6 Å². The van der Waals surface area contributed by atoms with Crippen LogP contribution in [-0.4, -0.2) is 34.6 Å². The van der Waals surface area contributed by atoms with Crippen LogP contribution in [0, 0.1) is 34.6 Å². The molecule has 5 nitrogen and oxygen atoms in total. The molecule has 1 aromatic rings. The lowest BCUT2D eigenvalue weighted by atomic mass is 9.52. The predicted molar refractivity (Wildman–Crippen MR) is 94.6 cm³/mol. The molecule has 0 aromatic heterocycles. The molecule has 4 aliphatic carbocycles. The maximum atomic E-state index is 10.8. The molecule has 25 heavy (non-hydrogen) atoms. The number of nitrogens with zero attached hydrogens (tertiary/aromatic N) is 2. The van der Waals surface area contributed by atoms with E-state index in [1.165, 1.54) is 4.90 Å². The van der Waals surface area contributed by atoms with E-state index in [0.717, 1.165) is 32.1 Å². The van der Waals surface area contributed by atoms with Gasteiger partial charge in [0.1, 0.15) is 11.6 Å². The first-order valence-corrected chi connectivity index (χ1v) is 9.16. The van der Waals surface area contributed by atoms with Crippen LogP contribution < -0.4 is 4.74 Å². The molecule has 4 fully saturated rings. The van der Waals surface area contributed by atoms with Gasteiger partial charge in [0.05, 0.1) is 24.3 Å². The Kier molecular flexibility index (Phi) is 3.93. The highest BCUT2D eigenvalue weighted by Crippen LogP contribution is 2.57. The van der Waals surface area contributed by atoms with Gasteiger partial charge in [-0.05, 0) is 68.1 Å². The Morgan fingerprint density at radius 1 is 1.36 bits per heavy atom. The second-order valence-electron chi connectivity index (χ2n) is 7.85. The van der Waals surface area contributed by atoms with Crippen molar-refractivity contribution in [3.05, 3.63) is 28.8 Å². The van der Waals surface area contributed by atoms with Crippen LogP contribution in [-0.2, 0) is 0 Å². The first-order chi connectivity index (χ1) is 11.9. The van der Waals surface area contributed by atoms with Crippen LogP contribution in [0.2, 0.25) is 5.02 Å². The first kappa shape index (κ1) is 16.7. The highest BCUT2D eigenvalue weighted by atomic mass is 35.5. The van der Waals surface area contributed by atoms with Gasteiger partial charge >= 0.3 is 0 Å². The number of methoxy groups -OCH3 is 1. The summed E-state index contributed by atoms with van der Waals surface area (Å²) in [4.78, 5) is 1.53. The van der Waals surface area contributed by atoms with E-state index in [1.807, 2.05) is 0 Å². The number of hydrogen-bond acceptors (Lipinski definition) is 4. The number of benzene rings is 1. The standard InChI is InChI=1S/C19H22ClN3O2/c1-25-16-3-2-14(20)6-15(16)18(22)23(10-21)17-12-4-11-5-13(17)9-19(24,7-11)8-12/h2-3,6,11-13,17,22,24H,4-5,7-9H2,1H3. The van der Waals surface area contributed by atoms with Gasteiger partial charge in [-0.15, -0.1) is 0 Å². The van der Waals surface area contributed by atoms with E-state index < -0.39 is 5.60 Å². The molecule has 4 aliphatic rings. The van der Waals surface area contributed by atoms with Gasteiger partial charge in [0.15, 0.2) is 6.19 Å². The third-order valence-corrected chi connectivity index (χ3v) is 6.49. The zero-order chi connectivity index (χ0) is 17.8. The van der Waals surface area contributed by atoms with E-state index in [4.69, 9.17) is 21.7 Å². The van der Waals surface area contributed by atoms with Crippen molar-refractivity contribution >= 4 is 17.4 Å².